The molecule has 0 aliphatic carbocycles. The van der Waals surface area contributed by atoms with Gasteiger partial charge in [-0.05, 0) is 18.2 Å². The van der Waals surface area contributed by atoms with E-state index in [9.17, 15) is 4.79 Å². The van der Waals surface area contributed by atoms with Crippen molar-refractivity contribution in [1.29, 1.82) is 0 Å². The fourth-order valence-corrected chi connectivity index (χ4v) is 2.48. The van der Waals surface area contributed by atoms with Crippen molar-refractivity contribution < 1.29 is 4.79 Å². The molecule has 16 heavy (non-hydrogen) atoms. The number of amides is 1. The number of rotatable bonds is 2. The summed E-state index contributed by atoms with van der Waals surface area (Å²) >= 11 is 1.66. The highest BCUT2D eigenvalue weighted by Crippen LogP contribution is 2.27. The lowest BCUT2D eigenvalue weighted by molar-refractivity contribution is 0.0981. The second-order valence-corrected chi connectivity index (χ2v) is 5.03. The van der Waals surface area contributed by atoms with Crippen molar-refractivity contribution in [1.82, 2.24) is 10.2 Å². The van der Waals surface area contributed by atoms with E-state index in [0.29, 0.717) is 11.5 Å². The number of nitrogens with one attached hydrogen (secondary N) is 1. The van der Waals surface area contributed by atoms with Crippen molar-refractivity contribution in [2.75, 3.05) is 0 Å². The van der Waals surface area contributed by atoms with E-state index >= 15 is 0 Å². The first-order chi connectivity index (χ1) is 7.61. The van der Waals surface area contributed by atoms with Crippen molar-refractivity contribution >= 4 is 35.4 Å². The lowest BCUT2D eigenvalue weighted by atomic mass is 10.2. The summed E-state index contributed by atoms with van der Waals surface area (Å²) in [6, 6.07) is 5.62. The van der Waals surface area contributed by atoms with Gasteiger partial charge in [0.2, 0.25) is 13.9 Å². The van der Waals surface area contributed by atoms with E-state index in [2.05, 4.69) is 24.1 Å². The van der Waals surface area contributed by atoms with Crippen LogP contribution in [0, 0.1) is 0 Å². The first-order valence-corrected chi connectivity index (χ1v) is 6.06. The van der Waals surface area contributed by atoms with E-state index in [4.69, 9.17) is 0 Å². The third-order valence-corrected chi connectivity index (χ3v) is 3.71. The molecule has 0 aliphatic heterocycles. The smallest absolute Gasteiger partial charge is 0.238 e. The van der Waals surface area contributed by atoms with Crippen molar-refractivity contribution in [3.05, 3.63) is 28.8 Å². The van der Waals surface area contributed by atoms with Crippen LogP contribution < -0.4 is 5.23 Å². The highest BCUT2D eigenvalue weighted by molar-refractivity contribution is 7.18. The van der Waals surface area contributed by atoms with Gasteiger partial charge in [-0.15, -0.1) is 11.3 Å². The Labute approximate surface area is 99.3 Å². The summed E-state index contributed by atoms with van der Waals surface area (Å²) in [6.45, 7) is 4.24. The third-order valence-electron chi connectivity index (χ3n) is 2.39. The summed E-state index contributed by atoms with van der Waals surface area (Å²) in [5.41, 5.74) is 1.66. The molecule has 3 nitrogen and oxygen atoms in total. The lowest BCUT2D eigenvalue weighted by Crippen LogP contribution is -2.19. The molecule has 0 saturated carbocycles. The summed E-state index contributed by atoms with van der Waals surface area (Å²) in [4.78, 5) is 16.0. The Balaban J connectivity index is 2.49. The highest BCUT2D eigenvalue weighted by atomic mass is 32.1. The molecular weight excluding hydrogens is 219 g/mol. The van der Waals surface area contributed by atoms with E-state index in [1.54, 1.807) is 19.3 Å². The van der Waals surface area contributed by atoms with Crippen molar-refractivity contribution in [3.63, 3.8) is 0 Å². The number of carbonyl (C=O) groups excluding carboxylic acids is 1. The Morgan fingerprint density at radius 3 is 2.88 bits per heavy atom. The molecule has 2 rings (SSSR count). The van der Waals surface area contributed by atoms with Crippen LogP contribution in [0.4, 0.5) is 0 Å². The van der Waals surface area contributed by atoms with Gasteiger partial charge in [-0.2, -0.15) is 0 Å². The van der Waals surface area contributed by atoms with Crippen LogP contribution in [0.15, 0.2) is 18.2 Å². The SMILES string of the molecule is BNC(=O)c1ccc2nc(C(C)C)sc2c1. The van der Waals surface area contributed by atoms with Crippen LogP contribution in [0.3, 0.4) is 0 Å². The second kappa shape index (κ2) is 4.25. The number of benzene rings is 1. The summed E-state index contributed by atoms with van der Waals surface area (Å²) in [6.07, 6.45) is 0. The molecule has 0 bridgehead atoms. The predicted octanol–water partition coefficient (Wildman–Crippen LogP) is 1.70. The second-order valence-electron chi connectivity index (χ2n) is 3.97. The average Bonchev–Trinajstić information content (AvgIpc) is 2.70. The molecule has 0 unspecified atom stereocenters. The maximum Gasteiger partial charge on any atom is 0.238 e. The third kappa shape index (κ3) is 1.95. The van der Waals surface area contributed by atoms with Gasteiger partial charge in [-0.3, -0.25) is 4.79 Å². The quantitative estimate of drug-likeness (QED) is 0.800. The maximum absolute atomic E-state index is 11.5. The van der Waals surface area contributed by atoms with E-state index in [1.165, 1.54) is 0 Å². The van der Waals surface area contributed by atoms with Crippen LogP contribution in [0.1, 0.15) is 35.1 Å². The summed E-state index contributed by atoms with van der Waals surface area (Å²) in [5.74, 6) is 0.377. The summed E-state index contributed by atoms with van der Waals surface area (Å²) in [5, 5.41) is 3.74. The van der Waals surface area contributed by atoms with Gasteiger partial charge in [0, 0.05) is 11.5 Å². The number of hydrogen-bond donors (Lipinski definition) is 1. The number of nitrogens with zero attached hydrogens (tertiary/aromatic N) is 1. The molecule has 5 heteroatoms. The van der Waals surface area contributed by atoms with Crippen LogP contribution >= 0.6 is 11.3 Å². The molecule has 0 saturated heterocycles. The van der Waals surface area contributed by atoms with Gasteiger partial charge >= 0.3 is 0 Å². The Kier molecular flexibility index (Phi) is 2.96. The van der Waals surface area contributed by atoms with Crippen LogP contribution in [-0.2, 0) is 0 Å². The molecule has 1 aromatic heterocycles. The van der Waals surface area contributed by atoms with Gasteiger partial charge in [-0.1, -0.05) is 13.8 Å². The normalized spacial score (nSPS) is 10.9. The van der Waals surface area contributed by atoms with Crippen molar-refractivity contribution in [2.24, 2.45) is 0 Å². The van der Waals surface area contributed by atoms with E-state index in [-0.39, 0.29) is 5.91 Å². The number of carbonyl (C=O) groups is 1. The zero-order valence-corrected chi connectivity index (χ0v) is 10.4. The Morgan fingerprint density at radius 1 is 1.50 bits per heavy atom. The van der Waals surface area contributed by atoms with Gasteiger partial charge < -0.3 is 5.23 Å². The number of hydrogen-bond acceptors (Lipinski definition) is 3. The van der Waals surface area contributed by atoms with Crippen LogP contribution in [0.2, 0.25) is 0 Å². The molecule has 1 heterocycles. The largest absolute Gasteiger partial charge is 0.402 e. The van der Waals surface area contributed by atoms with E-state index in [1.807, 2.05) is 18.2 Å². The fraction of sp³-hybridized carbons (Fsp3) is 0.273. The minimum Gasteiger partial charge on any atom is -0.402 e. The molecular formula is C11H13BN2OS. The monoisotopic (exact) mass is 232 g/mol. The van der Waals surface area contributed by atoms with E-state index in [0.717, 1.165) is 15.2 Å². The van der Waals surface area contributed by atoms with Gasteiger partial charge in [0.1, 0.15) is 0 Å². The number of aromatic nitrogens is 1. The summed E-state index contributed by atoms with van der Waals surface area (Å²) in [7, 11) is 1.64. The average molecular weight is 232 g/mol. The standard InChI is InChI=1S/C11H13BN2OS/c1-6(2)11-13-8-4-3-7(10(15)14-12)5-9(8)16-11/h3-6H,12H2,1-2H3,(H,14,15). The van der Waals surface area contributed by atoms with Gasteiger partial charge in [0.05, 0.1) is 15.2 Å². The Hall–Kier alpha value is -1.36. The molecule has 0 spiro atoms. The Morgan fingerprint density at radius 2 is 2.25 bits per heavy atom. The molecule has 0 aliphatic rings. The maximum atomic E-state index is 11.5. The number of fused-ring (bicyclic) bond motifs is 1. The molecule has 0 radical (unpaired) electrons. The molecule has 1 N–H and O–H groups in total. The molecule has 82 valence electrons. The zero-order chi connectivity index (χ0) is 11.7. The molecule has 0 fully saturated rings. The number of thiazole rings is 1. The molecule has 1 amide bonds. The Bertz CT molecular complexity index is 536. The first-order valence-electron chi connectivity index (χ1n) is 5.24. The lowest BCUT2D eigenvalue weighted by Gasteiger charge is -1.98. The van der Waals surface area contributed by atoms with Gasteiger partial charge in [0.15, 0.2) is 0 Å². The fourth-order valence-electron chi connectivity index (χ4n) is 1.47. The molecule has 2 aromatic rings. The first kappa shape index (κ1) is 11.1. The van der Waals surface area contributed by atoms with Gasteiger partial charge in [-0.25, -0.2) is 4.98 Å². The van der Waals surface area contributed by atoms with Gasteiger partial charge in [0.25, 0.3) is 0 Å². The molecule has 0 atom stereocenters. The predicted molar refractivity (Wildman–Crippen MR) is 69.7 cm³/mol. The van der Waals surface area contributed by atoms with Crippen LogP contribution in [0.5, 0.6) is 0 Å². The van der Waals surface area contributed by atoms with E-state index < -0.39 is 0 Å². The van der Waals surface area contributed by atoms with Crippen molar-refractivity contribution in [2.45, 2.75) is 19.8 Å². The summed E-state index contributed by atoms with van der Waals surface area (Å²) < 4.78 is 1.07. The highest BCUT2D eigenvalue weighted by Gasteiger charge is 2.09. The van der Waals surface area contributed by atoms with Crippen molar-refractivity contribution in [3.8, 4) is 0 Å². The van der Waals surface area contributed by atoms with Crippen LogP contribution in [0.25, 0.3) is 10.2 Å². The van der Waals surface area contributed by atoms with Crippen LogP contribution in [-0.4, -0.2) is 18.9 Å². The minimum atomic E-state index is -0.0543. The topological polar surface area (TPSA) is 42.0 Å². The zero-order valence-electron chi connectivity index (χ0n) is 9.57. The minimum absolute atomic E-state index is 0.0543. The molecule has 1 aromatic carbocycles.